The van der Waals surface area contributed by atoms with Gasteiger partial charge in [0.25, 0.3) is 5.56 Å². The molecule has 0 spiro atoms. The highest BCUT2D eigenvalue weighted by Gasteiger charge is 2.35. The number of benzene rings is 2. The van der Waals surface area contributed by atoms with Crippen LogP contribution >= 0.6 is 11.3 Å². The summed E-state index contributed by atoms with van der Waals surface area (Å²) in [7, 11) is 5.02. The summed E-state index contributed by atoms with van der Waals surface area (Å²) < 4.78 is 16.3. The van der Waals surface area contributed by atoms with Gasteiger partial charge in [-0.2, -0.15) is 0 Å². The van der Waals surface area contributed by atoms with E-state index in [9.17, 15) is 14.4 Å². The molecule has 1 atom stereocenters. The van der Waals surface area contributed by atoms with Crippen LogP contribution in [0, 0.1) is 0 Å². The molecular formula is C29H30N4O5S. The number of ether oxygens (including phenoxy) is 2. The summed E-state index contributed by atoms with van der Waals surface area (Å²) in [6.07, 6.45) is 3.13. The minimum atomic E-state index is -0.752. The number of nitrogens with zero attached hydrogens (tertiary/aromatic N) is 4. The molecule has 0 bridgehead atoms. The number of hydrogen-bond acceptors (Lipinski definition) is 7. The maximum absolute atomic E-state index is 14.0. The highest BCUT2D eigenvalue weighted by atomic mass is 32.1. The van der Waals surface area contributed by atoms with Gasteiger partial charge < -0.3 is 9.47 Å². The van der Waals surface area contributed by atoms with E-state index in [1.54, 1.807) is 47.9 Å². The van der Waals surface area contributed by atoms with Crippen LogP contribution in [0.4, 0.5) is 0 Å². The van der Waals surface area contributed by atoms with Gasteiger partial charge in [-0.1, -0.05) is 48.9 Å². The maximum atomic E-state index is 14.0. The van der Waals surface area contributed by atoms with Crippen LogP contribution in [0.2, 0.25) is 0 Å². The van der Waals surface area contributed by atoms with Gasteiger partial charge in [0.2, 0.25) is 0 Å². The second-order valence-corrected chi connectivity index (χ2v) is 10.3. The number of para-hydroxylation sites is 1. The average molecular weight is 547 g/mol. The Kier molecular flexibility index (Phi) is 7.14. The number of aryl methyl sites for hydroxylation is 2. The van der Waals surface area contributed by atoms with Gasteiger partial charge in [-0.25, -0.2) is 14.6 Å². The molecule has 202 valence electrons. The Bertz CT molecular complexity index is 1870. The molecule has 0 radical (unpaired) electrons. The van der Waals surface area contributed by atoms with Crippen molar-refractivity contribution in [1.82, 2.24) is 13.7 Å². The Hall–Kier alpha value is -4.18. The molecule has 0 aliphatic carbocycles. The van der Waals surface area contributed by atoms with E-state index in [4.69, 9.17) is 14.5 Å². The van der Waals surface area contributed by atoms with Crippen LogP contribution < -0.4 is 25.3 Å². The van der Waals surface area contributed by atoms with E-state index >= 15 is 0 Å². The molecule has 5 rings (SSSR count). The van der Waals surface area contributed by atoms with E-state index in [1.165, 1.54) is 11.3 Å². The number of thiazole rings is 1. The first-order chi connectivity index (χ1) is 18.8. The summed E-state index contributed by atoms with van der Waals surface area (Å²) in [5, 5.41) is 0. The lowest BCUT2D eigenvalue weighted by Crippen LogP contribution is -2.40. The molecule has 2 aromatic heterocycles. The van der Waals surface area contributed by atoms with Crippen LogP contribution in [0.1, 0.15) is 43.9 Å². The van der Waals surface area contributed by atoms with E-state index in [1.807, 2.05) is 49.4 Å². The largest absolute Gasteiger partial charge is 0.496 e. The van der Waals surface area contributed by atoms with E-state index in [0.717, 1.165) is 23.0 Å². The van der Waals surface area contributed by atoms with Crippen molar-refractivity contribution < 1.29 is 14.3 Å². The number of methoxy groups -OCH3 is 1. The van der Waals surface area contributed by atoms with Crippen molar-refractivity contribution in [1.29, 1.82) is 0 Å². The van der Waals surface area contributed by atoms with Crippen molar-refractivity contribution in [2.75, 3.05) is 13.7 Å². The van der Waals surface area contributed by atoms with Gasteiger partial charge in [-0.15, -0.1) is 0 Å². The summed E-state index contributed by atoms with van der Waals surface area (Å²) in [6.45, 7) is 3.98. The first kappa shape index (κ1) is 26.4. The number of fused-ring (bicyclic) bond motifs is 2. The zero-order valence-corrected chi connectivity index (χ0v) is 23.4. The lowest BCUT2D eigenvalue weighted by atomic mass is 9.93. The summed E-state index contributed by atoms with van der Waals surface area (Å²) >= 11 is 1.27. The van der Waals surface area contributed by atoms with Crippen LogP contribution in [-0.2, 0) is 23.6 Å². The molecule has 9 nitrogen and oxygen atoms in total. The number of rotatable bonds is 7. The molecule has 0 N–H and O–H groups in total. The van der Waals surface area contributed by atoms with E-state index < -0.39 is 12.0 Å². The summed E-state index contributed by atoms with van der Waals surface area (Å²) in [6, 6.07) is 12.3. The van der Waals surface area contributed by atoms with Crippen molar-refractivity contribution in [2.24, 2.45) is 19.1 Å². The number of esters is 1. The van der Waals surface area contributed by atoms with Crippen molar-refractivity contribution in [3.05, 3.63) is 95.0 Å². The minimum absolute atomic E-state index is 0.117. The third-order valence-electron chi connectivity index (χ3n) is 6.92. The molecule has 0 fully saturated rings. The molecular weight excluding hydrogens is 516 g/mol. The fourth-order valence-electron chi connectivity index (χ4n) is 5.07. The molecule has 1 aliphatic rings. The minimum Gasteiger partial charge on any atom is -0.496 e. The van der Waals surface area contributed by atoms with Crippen LogP contribution in [0.5, 0.6) is 5.75 Å². The van der Waals surface area contributed by atoms with Crippen molar-refractivity contribution in [3.8, 4) is 5.75 Å². The van der Waals surface area contributed by atoms with Gasteiger partial charge in [0, 0.05) is 19.7 Å². The predicted molar refractivity (Wildman–Crippen MR) is 151 cm³/mol. The Morgan fingerprint density at radius 2 is 1.82 bits per heavy atom. The van der Waals surface area contributed by atoms with Crippen molar-refractivity contribution in [3.63, 3.8) is 0 Å². The first-order valence-electron chi connectivity index (χ1n) is 12.8. The number of hydrogen-bond donors (Lipinski definition) is 0. The molecule has 39 heavy (non-hydrogen) atoms. The van der Waals surface area contributed by atoms with Gasteiger partial charge in [-0.05, 0) is 43.2 Å². The van der Waals surface area contributed by atoms with Gasteiger partial charge in [0.15, 0.2) is 4.80 Å². The van der Waals surface area contributed by atoms with E-state index in [2.05, 4.69) is 0 Å². The number of carbonyl (C=O) groups excluding carboxylic acids is 1. The number of imidazole rings is 1. The van der Waals surface area contributed by atoms with Crippen LogP contribution in [-0.4, -0.2) is 33.4 Å². The molecule has 2 aromatic carbocycles. The molecule has 3 heterocycles. The summed E-state index contributed by atoms with van der Waals surface area (Å²) in [5.41, 5.74) is 3.61. The molecule has 0 unspecified atom stereocenters. The smallest absolute Gasteiger partial charge is 0.338 e. The third-order valence-corrected chi connectivity index (χ3v) is 7.90. The van der Waals surface area contributed by atoms with E-state index in [-0.39, 0.29) is 17.9 Å². The van der Waals surface area contributed by atoms with Crippen LogP contribution in [0.25, 0.3) is 17.1 Å². The second kappa shape index (κ2) is 10.5. The van der Waals surface area contributed by atoms with Gasteiger partial charge in [0.1, 0.15) is 11.8 Å². The Balaban J connectivity index is 1.77. The van der Waals surface area contributed by atoms with Crippen molar-refractivity contribution in [2.45, 2.75) is 32.7 Å². The maximum Gasteiger partial charge on any atom is 0.338 e. The lowest BCUT2D eigenvalue weighted by molar-refractivity contribution is -0.139. The molecule has 4 aromatic rings. The highest BCUT2D eigenvalue weighted by molar-refractivity contribution is 7.07. The molecule has 0 saturated carbocycles. The van der Waals surface area contributed by atoms with Gasteiger partial charge >= 0.3 is 11.7 Å². The van der Waals surface area contributed by atoms with Crippen molar-refractivity contribution >= 4 is 34.4 Å². The highest BCUT2D eigenvalue weighted by Crippen LogP contribution is 2.36. The Morgan fingerprint density at radius 1 is 1.08 bits per heavy atom. The first-order valence-corrected chi connectivity index (χ1v) is 13.6. The molecule has 0 amide bonds. The summed E-state index contributed by atoms with van der Waals surface area (Å²) in [4.78, 5) is 45.0. The predicted octanol–water partition coefficient (Wildman–Crippen LogP) is 2.78. The third kappa shape index (κ3) is 4.44. The topological polar surface area (TPSA) is 96.8 Å². The zero-order valence-electron chi connectivity index (χ0n) is 22.6. The Labute approximate surface area is 228 Å². The van der Waals surface area contributed by atoms with Gasteiger partial charge in [-0.3, -0.25) is 18.5 Å². The number of carbonyl (C=O) groups is 1. The molecule has 10 heteroatoms. The zero-order chi connectivity index (χ0) is 27.8. The Morgan fingerprint density at radius 3 is 2.54 bits per heavy atom. The molecule has 0 saturated heterocycles. The van der Waals surface area contributed by atoms with Gasteiger partial charge in [0.05, 0.1) is 40.6 Å². The monoisotopic (exact) mass is 546 g/mol. The van der Waals surface area contributed by atoms with Crippen LogP contribution in [0.15, 0.2) is 68.3 Å². The number of aromatic nitrogens is 3. The van der Waals surface area contributed by atoms with Crippen LogP contribution in [0.3, 0.4) is 0 Å². The quantitative estimate of drug-likeness (QED) is 0.332. The normalized spacial score (nSPS) is 15.4. The SMILES string of the molecule is CCCC1=C(C(=O)OCC)[C@H](c2ccccc2OC)n2c(s/c(=C/c3ccc4c(c3)n(C)c(=O)n4C)c2=O)=N1. The number of allylic oxidation sites excluding steroid dienone is 1. The fourth-order valence-corrected chi connectivity index (χ4v) is 6.09. The fraction of sp³-hybridized carbons (Fsp3) is 0.310. The molecule has 1 aliphatic heterocycles. The second-order valence-electron chi connectivity index (χ2n) is 9.30. The lowest BCUT2D eigenvalue weighted by Gasteiger charge is -2.26. The average Bonchev–Trinajstić information content (AvgIpc) is 3.35. The van der Waals surface area contributed by atoms with E-state index in [0.29, 0.717) is 38.3 Å². The standard InChI is InChI=1S/C29H30N4O5S/c1-6-10-19-24(27(35)38-7-2)25(18-11-8-9-12-22(18)37-5)33-26(34)23(39-28(33)30-19)16-17-13-14-20-21(15-17)32(4)29(36)31(20)3/h8-9,11-16,25H,6-7,10H2,1-5H3/b23-16+/t25-/m0/s1. The summed E-state index contributed by atoms with van der Waals surface area (Å²) in [5.74, 6) is 0.0670.